The zero-order valence-corrected chi connectivity index (χ0v) is 10.9. The highest BCUT2D eigenvalue weighted by Gasteiger charge is 2.46. The van der Waals surface area contributed by atoms with Crippen molar-refractivity contribution in [2.45, 2.75) is 13.3 Å². The van der Waals surface area contributed by atoms with Crippen LogP contribution in [0.4, 0.5) is 5.69 Å². The molecule has 3 atom stereocenters. The maximum atomic E-state index is 12.6. The largest absolute Gasteiger partial charge is 0.294 e. The zero-order valence-electron chi connectivity index (χ0n) is 10.9. The monoisotopic (exact) mass is 271 g/mol. The maximum Gasteiger partial charge on any atom is 0.280 e. The molecule has 0 unspecified atom stereocenters. The van der Waals surface area contributed by atoms with Gasteiger partial charge < -0.3 is 0 Å². The summed E-state index contributed by atoms with van der Waals surface area (Å²) in [6.45, 7) is 1.87. The fourth-order valence-electron chi connectivity index (χ4n) is 3.29. The van der Waals surface area contributed by atoms with Crippen LogP contribution in [-0.4, -0.2) is 16.5 Å². The Labute approximate surface area is 115 Å². The van der Waals surface area contributed by atoms with Crippen LogP contribution in [0.15, 0.2) is 30.4 Å². The fourth-order valence-corrected chi connectivity index (χ4v) is 3.29. The topological polar surface area (TPSA) is 77.3 Å². The van der Waals surface area contributed by atoms with Crippen molar-refractivity contribution in [2.75, 3.05) is 0 Å². The molecule has 0 N–H and O–H groups in total. The number of allylic oxidation sites excluding steroid dienone is 2. The van der Waals surface area contributed by atoms with Crippen molar-refractivity contribution in [1.82, 2.24) is 0 Å². The molecule has 0 saturated heterocycles. The number of nitrogens with zero attached hydrogens (tertiary/aromatic N) is 1. The number of carbonyl (C=O) groups excluding carboxylic acids is 2. The number of ketones is 2. The minimum Gasteiger partial charge on any atom is -0.294 e. The lowest BCUT2D eigenvalue weighted by molar-refractivity contribution is -0.385. The number of Topliss-reactive ketones (excluding diaryl/α,β-unsaturated/α-hetero) is 2. The van der Waals surface area contributed by atoms with E-state index in [1.54, 1.807) is 0 Å². The summed E-state index contributed by atoms with van der Waals surface area (Å²) in [6, 6.07) is 4.26. The van der Waals surface area contributed by atoms with Gasteiger partial charge in [-0.3, -0.25) is 19.7 Å². The van der Waals surface area contributed by atoms with Crippen LogP contribution in [0.25, 0.3) is 0 Å². The van der Waals surface area contributed by atoms with Crippen molar-refractivity contribution in [1.29, 1.82) is 0 Å². The van der Waals surface area contributed by atoms with E-state index in [1.807, 2.05) is 19.1 Å². The summed E-state index contributed by atoms with van der Waals surface area (Å²) in [4.78, 5) is 35.7. The molecule has 20 heavy (non-hydrogen) atoms. The SMILES string of the molecule is C[C@@H]1C=CC[C@@H]2C(=O)c3cccc([N+](=O)[O-])c3C(=O)[C@H]12. The summed E-state index contributed by atoms with van der Waals surface area (Å²) in [5.41, 5.74) is -0.0695. The molecule has 1 aromatic carbocycles. The molecule has 2 aliphatic carbocycles. The molecule has 3 rings (SSSR count). The van der Waals surface area contributed by atoms with E-state index in [-0.39, 0.29) is 40.2 Å². The molecule has 102 valence electrons. The van der Waals surface area contributed by atoms with Gasteiger partial charge in [-0.25, -0.2) is 0 Å². The number of hydrogen-bond acceptors (Lipinski definition) is 4. The van der Waals surface area contributed by atoms with E-state index >= 15 is 0 Å². The average molecular weight is 271 g/mol. The second kappa shape index (κ2) is 4.37. The van der Waals surface area contributed by atoms with Crippen molar-refractivity contribution in [3.63, 3.8) is 0 Å². The van der Waals surface area contributed by atoms with Crippen LogP contribution < -0.4 is 0 Å². The van der Waals surface area contributed by atoms with E-state index in [4.69, 9.17) is 0 Å². The molecule has 0 radical (unpaired) electrons. The summed E-state index contributed by atoms with van der Waals surface area (Å²) in [5, 5.41) is 11.1. The normalized spacial score (nSPS) is 27.9. The summed E-state index contributed by atoms with van der Waals surface area (Å²) < 4.78 is 0. The van der Waals surface area contributed by atoms with Crippen LogP contribution in [0.1, 0.15) is 34.1 Å². The van der Waals surface area contributed by atoms with Gasteiger partial charge >= 0.3 is 0 Å². The fraction of sp³-hybridized carbons (Fsp3) is 0.333. The van der Waals surface area contributed by atoms with Gasteiger partial charge in [-0.05, 0) is 12.3 Å². The minimum atomic E-state index is -0.590. The molecule has 1 aromatic rings. The lowest BCUT2D eigenvalue weighted by Gasteiger charge is -2.35. The predicted octanol–water partition coefficient (Wildman–Crippen LogP) is 2.80. The van der Waals surface area contributed by atoms with E-state index in [1.165, 1.54) is 18.2 Å². The van der Waals surface area contributed by atoms with Gasteiger partial charge in [0.25, 0.3) is 5.69 Å². The minimum absolute atomic E-state index is 0.00843. The first-order chi connectivity index (χ1) is 9.52. The van der Waals surface area contributed by atoms with Crippen LogP contribution >= 0.6 is 0 Å². The first-order valence-corrected chi connectivity index (χ1v) is 6.55. The molecule has 5 nitrogen and oxygen atoms in total. The number of nitro benzene ring substituents is 1. The third-order valence-electron chi connectivity index (χ3n) is 4.22. The van der Waals surface area contributed by atoms with E-state index in [9.17, 15) is 19.7 Å². The molecule has 2 aliphatic rings. The van der Waals surface area contributed by atoms with Gasteiger partial charge in [0.05, 0.1) is 4.92 Å². The Morgan fingerprint density at radius 1 is 1.25 bits per heavy atom. The summed E-state index contributed by atoms with van der Waals surface area (Å²) >= 11 is 0. The number of carbonyl (C=O) groups is 2. The van der Waals surface area contributed by atoms with Crippen LogP contribution in [0.3, 0.4) is 0 Å². The van der Waals surface area contributed by atoms with Crippen molar-refractivity contribution in [3.8, 4) is 0 Å². The van der Waals surface area contributed by atoms with Crippen molar-refractivity contribution >= 4 is 17.3 Å². The molecule has 0 saturated carbocycles. The standard InChI is InChI=1S/C15H13NO4/c1-8-4-2-5-9-12(8)15(18)13-10(14(9)17)6-3-7-11(13)16(19)20/h2-4,6-9,12H,5H2,1H3/t8-,9+,12-/m1/s1. The Bertz CT molecular complexity index is 662. The molecule has 0 amide bonds. The second-order valence-corrected chi connectivity index (χ2v) is 5.34. The Morgan fingerprint density at radius 3 is 2.70 bits per heavy atom. The lowest BCUT2D eigenvalue weighted by Crippen LogP contribution is -2.41. The zero-order chi connectivity index (χ0) is 14.4. The van der Waals surface area contributed by atoms with Gasteiger partial charge in [-0.15, -0.1) is 0 Å². The highest BCUT2D eigenvalue weighted by molar-refractivity contribution is 6.18. The van der Waals surface area contributed by atoms with Crippen molar-refractivity contribution < 1.29 is 14.5 Å². The summed E-state index contributed by atoms with van der Waals surface area (Å²) in [7, 11) is 0. The summed E-state index contributed by atoms with van der Waals surface area (Å²) in [6.07, 6.45) is 4.35. The lowest BCUT2D eigenvalue weighted by atomic mass is 9.65. The number of nitro groups is 1. The molecule has 0 fully saturated rings. The highest BCUT2D eigenvalue weighted by atomic mass is 16.6. The van der Waals surface area contributed by atoms with Gasteiger partial charge in [-0.2, -0.15) is 0 Å². The first-order valence-electron chi connectivity index (χ1n) is 6.55. The van der Waals surface area contributed by atoms with Gasteiger partial charge in [0.1, 0.15) is 5.56 Å². The van der Waals surface area contributed by atoms with Crippen molar-refractivity contribution in [3.05, 3.63) is 51.6 Å². The third-order valence-corrected chi connectivity index (χ3v) is 4.22. The van der Waals surface area contributed by atoms with E-state index < -0.39 is 10.8 Å². The molecule has 5 heteroatoms. The Kier molecular flexibility index (Phi) is 2.78. The third kappa shape index (κ3) is 1.62. The van der Waals surface area contributed by atoms with Gasteiger partial charge in [0.2, 0.25) is 0 Å². The second-order valence-electron chi connectivity index (χ2n) is 5.34. The number of benzene rings is 1. The van der Waals surface area contributed by atoms with Crippen LogP contribution in [-0.2, 0) is 0 Å². The molecule has 0 heterocycles. The van der Waals surface area contributed by atoms with E-state index in [2.05, 4.69) is 0 Å². The molecule has 0 aromatic heterocycles. The van der Waals surface area contributed by atoms with Gasteiger partial charge in [0, 0.05) is 23.5 Å². The maximum absolute atomic E-state index is 12.6. The predicted molar refractivity (Wildman–Crippen MR) is 71.7 cm³/mol. The van der Waals surface area contributed by atoms with E-state index in [0.29, 0.717) is 6.42 Å². The number of rotatable bonds is 1. The molecule has 0 bridgehead atoms. The number of fused-ring (bicyclic) bond motifs is 2. The molecule has 0 aliphatic heterocycles. The van der Waals surface area contributed by atoms with Crippen LogP contribution in [0.2, 0.25) is 0 Å². The smallest absolute Gasteiger partial charge is 0.280 e. The highest BCUT2D eigenvalue weighted by Crippen LogP contribution is 2.42. The van der Waals surface area contributed by atoms with Gasteiger partial charge in [0.15, 0.2) is 11.6 Å². The summed E-state index contributed by atoms with van der Waals surface area (Å²) in [5.74, 6) is -1.34. The van der Waals surface area contributed by atoms with Gasteiger partial charge in [-0.1, -0.05) is 31.2 Å². The molecular formula is C15H13NO4. The van der Waals surface area contributed by atoms with Crippen LogP contribution in [0, 0.1) is 27.9 Å². The Morgan fingerprint density at radius 2 is 2.00 bits per heavy atom. The average Bonchev–Trinajstić information content (AvgIpc) is 2.43. The Balaban J connectivity index is 2.23. The van der Waals surface area contributed by atoms with Crippen molar-refractivity contribution in [2.24, 2.45) is 17.8 Å². The quantitative estimate of drug-likeness (QED) is 0.447. The number of hydrogen-bond donors (Lipinski definition) is 0. The van der Waals surface area contributed by atoms with Crippen LogP contribution in [0.5, 0.6) is 0 Å². The van der Waals surface area contributed by atoms with E-state index in [0.717, 1.165) is 0 Å². The molecular weight excluding hydrogens is 258 g/mol. The molecule has 0 spiro atoms. The first kappa shape index (κ1) is 12.7. The Hall–Kier alpha value is -2.30.